The van der Waals surface area contributed by atoms with Crippen LogP contribution < -0.4 is 5.32 Å². The van der Waals surface area contributed by atoms with Crippen molar-refractivity contribution in [2.45, 2.75) is 25.6 Å². The van der Waals surface area contributed by atoms with Gasteiger partial charge in [0.25, 0.3) is 6.43 Å². The van der Waals surface area contributed by atoms with E-state index in [4.69, 9.17) is 0 Å². The summed E-state index contributed by atoms with van der Waals surface area (Å²) in [6.45, 7) is 0.0290. The highest BCUT2D eigenvalue weighted by Crippen LogP contribution is 2.24. The zero-order chi connectivity index (χ0) is 16.0. The number of carbonyl (C=O) groups is 1. The van der Waals surface area contributed by atoms with Crippen molar-refractivity contribution in [3.8, 4) is 0 Å². The molecular weight excluding hydrogens is 297 g/mol. The molecule has 0 bridgehead atoms. The summed E-state index contributed by atoms with van der Waals surface area (Å²) in [7, 11) is 0. The third-order valence-electron chi connectivity index (χ3n) is 2.52. The Labute approximate surface area is 118 Å². The Bertz CT molecular complexity index is 476. The molecule has 1 atom stereocenters. The molecule has 0 aliphatic heterocycles. The lowest BCUT2D eigenvalue weighted by Crippen LogP contribution is -2.37. The van der Waals surface area contributed by atoms with Crippen LogP contribution in [0.3, 0.4) is 0 Å². The number of nitrogens with one attached hydrogen (secondary N) is 1. The molecule has 8 heteroatoms. The second-order valence-corrected chi connectivity index (χ2v) is 4.15. The predicted molar refractivity (Wildman–Crippen MR) is 64.8 cm³/mol. The molecule has 0 saturated heterocycles. The van der Waals surface area contributed by atoms with Gasteiger partial charge in [-0.15, -0.1) is 0 Å². The minimum Gasteiger partial charge on any atom is -0.465 e. The Balaban J connectivity index is 2.99. The average molecular weight is 311 g/mol. The summed E-state index contributed by atoms with van der Waals surface area (Å²) in [5.74, 6) is -0.951. The number of hydrogen-bond acceptors (Lipinski definition) is 3. The molecular formula is C13H14F5NO2. The number of esters is 1. The van der Waals surface area contributed by atoms with Gasteiger partial charge in [-0.25, -0.2) is 13.6 Å². The minimum atomic E-state index is -4.54. The van der Waals surface area contributed by atoms with E-state index in [2.05, 4.69) is 4.74 Å². The highest BCUT2D eigenvalue weighted by atomic mass is 19.4. The van der Waals surface area contributed by atoms with Gasteiger partial charge in [-0.3, -0.25) is 5.32 Å². The molecule has 0 saturated carbocycles. The predicted octanol–water partition coefficient (Wildman–Crippen LogP) is 3.38. The van der Waals surface area contributed by atoms with Gasteiger partial charge in [0, 0.05) is 5.56 Å². The van der Waals surface area contributed by atoms with Crippen LogP contribution >= 0.6 is 0 Å². The lowest BCUT2D eigenvalue weighted by molar-refractivity contribution is -0.149. The summed E-state index contributed by atoms with van der Waals surface area (Å²) < 4.78 is 66.7. The fourth-order valence-electron chi connectivity index (χ4n) is 1.65. The number of rotatable bonds is 6. The Morgan fingerprint density at radius 1 is 1.29 bits per heavy atom. The zero-order valence-electron chi connectivity index (χ0n) is 11.1. The molecule has 0 heterocycles. The summed E-state index contributed by atoms with van der Waals surface area (Å²) >= 11 is 0. The molecule has 0 fully saturated rings. The summed E-state index contributed by atoms with van der Waals surface area (Å²) in [4.78, 5) is 11.7. The molecule has 0 aromatic heterocycles. The summed E-state index contributed by atoms with van der Waals surface area (Å²) in [6.07, 6.45) is -7.32. The van der Waals surface area contributed by atoms with Gasteiger partial charge in [0.15, 0.2) is 0 Å². The van der Waals surface area contributed by atoms with Crippen LogP contribution in [-0.4, -0.2) is 25.3 Å². The van der Waals surface area contributed by atoms with Crippen LogP contribution in [0, 0.1) is 0 Å². The van der Waals surface area contributed by atoms with Crippen LogP contribution in [0.5, 0.6) is 0 Å². The Morgan fingerprint density at radius 2 is 1.90 bits per heavy atom. The first-order valence-electron chi connectivity index (χ1n) is 6.09. The van der Waals surface area contributed by atoms with Gasteiger partial charge >= 0.3 is 12.1 Å². The monoisotopic (exact) mass is 311 g/mol. The zero-order valence-corrected chi connectivity index (χ0v) is 11.1. The molecule has 1 unspecified atom stereocenters. The highest BCUT2D eigenvalue weighted by Gasteiger charge is 2.31. The van der Waals surface area contributed by atoms with Crippen LogP contribution in [0.2, 0.25) is 0 Å². The third kappa shape index (κ3) is 5.66. The quantitative estimate of drug-likeness (QED) is 0.646. The molecule has 0 aliphatic rings. The van der Waals surface area contributed by atoms with Crippen molar-refractivity contribution in [1.29, 1.82) is 0 Å². The summed E-state index contributed by atoms with van der Waals surface area (Å²) in [5.41, 5.74) is -0.383. The van der Waals surface area contributed by atoms with E-state index in [0.29, 0.717) is 0 Å². The maximum Gasteiger partial charge on any atom is 0.401 e. The molecule has 0 amide bonds. The van der Waals surface area contributed by atoms with E-state index < -0.39 is 31.2 Å². The Hall–Kier alpha value is -1.70. The summed E-state index contributed by atoms with van der Waals surface area (Å²) in [6, 6.07) is 3.19. The van der Waals surface area contributed by atoms with Crippen LogP contribution in [0.4, 0.5) is 22.0 Å². The summed E-state index contributed by atoms with van der Waals surface area (Å²) in [5, 5.41) is 1.98. The van der Waals surface area contributed by atoms with Crippen molar-refractivity contribution < 1.29 is 31.5 Å². The van der Waals surface area contributed by atoms with Crippen molar-refractivity contribution in [2.24, 2.45) is 0 Å². The SMILES string of the molecule is CCOC(=O)C(NCC(F)(F)F)c1cccc(C(F)F)c1. The molecule has 1 aromatic rings. The van der Waals surface area contributed by atoms with Crippen LogP contribution in [0.25, 0.3) is 0 Å². The molecule has 118 valence electrons. The molecule has 0 aliphatic carbocycles. The molecule has 0 spiro atoms. The fourth-order valence-corrected chi connectivity index (χ4v) is 1.65. The van der Waals surface area contributed by atoms with Gasteiger partial charge in [0.05, 0.1) is 13.2 Å². The van der Waals surface area contributed by atoms with Crippen LogP contribution in [0.1, 0.15) is 30.5 Å². The molecule has 1 N–H and O–H groups in total. The first-order valence-corrected chi connectivity index (χ1v) is 6.09. The van der Waals surface area contributed by atoms with Crippen molar-refractivity contribution >= 4 is 5.97 Å². The van der Waals surface area contributed by atoms with E-state index in [1.807, 2.05) is 5.32 Å². The second kappa shape index (κ2) is 7.35. The highest BCUT2D eigenvalue weighted by molar-refractivity contribution is 5.77. The van der Waals surface area contributed by atoms with Gasteiger partial charge in [0.2, 0.25) is 0 Å². The van der Waals surface area contributed by atoms with Crippen LogP contribution in [0.15, 0.2) is 24.3 Å². The van der Waals surface area contributed by atoms with E-state index in [9.17, 15) is 26.7 Å². The van der Waals surface area contributed by atoms with Crippen molar-refractivity contribution in [3.63, 3.8) is 0 Å². The van der Waals surface area contributed by atoms with Crippen molar-refractivity contribution in [2.75, 3.05) is 13.2 Å². The normalized spacial score (nSPS) is 13.3. The minimum absolute atomic E-state index is 0.00417. The smallest absolute Gasteiger partial charge is 0.401 e. The average Bonchev–Trinajstić information content (AvgIpc) is 2.38. The molecule has 21 heavy (non-hydrogen) atoms. The van der Waals surface area contributed by atoms with Gasteiger partial charge in [-0.05, 0) is 18.6 Å². The number of ether oxygens (including phenoxy) is 1. The number of carbonyl (C=O) groups excluding carboxylic acids is 1. The van der Waals surface area contributed by atoms with E-state index in [0.717, 1.165) is 12.1 Å². The number of alkyl halides is 5. The van der Waals surface area contributed by atoms with Gasteiger partial charge in [-0.2, -0.15) is 13.2 Å². The number of halogens is 5. The lowest BCUT2D eigenvalue weighted by atomic mass is 10.0. The fraction of sp³-hybridized carbons (Fsp3) is 0.462. The van der Waals surface area contributed by atoms with Gasteiger partial charge < -0.3 is 4.74 Å². The maximum atomic E-state index is 12.6. The van der Waals surface area contributed by atoms with E-state index in [1.165, 1.54) is 19.1 Å². The van der Waals surface area contributed by atoms with Crippen molar-refractivity contribution in [3.05, 3.63) is 35.4 Å². The van der Waals surface area contributed by atoms with Gasteiger partial charge in [-0.1, -0.05) is 18.2 Å². The van der Waals surface area contributed by atoms with E-state index in [-0.39, 0.29) is 17.7 Å². The van der Waals surface area contributed by atoms with Gasteiger partial charge in [0.1, 0.15) is 6.04 Å². The van der Waals surface area contributed by atoms with Crippen LogP contribution in [-0.2, 0) is 9.53 Å². The van der Waals surface area contributed by atoms with Crippen molar-refractivity contribution in [1.82, 2.24) is 5.32 Å². The van der Waals surface area contributed by atoms with E-state index >= 15 is 0 Å². The second-order valence-electron chi connectivity index (χ2n) is 4.15. The Kier molecular flexibility index (Phi) is 6.07. The number of benzene rings is 1. The molecule has 3 nitrogen and oxygen atoms in total. The lowest BCUT2D eigenvalue weighted by Gasteiger charge is -2.19. The largest absolute Gasteiger partial charge is 0.465 e. The maximum absolute atomic E-state index is 12.6. The number of hydrogen-bond donors (Lipinski definition) is 1. The standard InChI is InChI=1S/C13H14F5NO2/c1-2-21-12(20)10(19-7-13(16,17)18)8-4-3-5-9(6-8)11(14)15/h3-6,10-11,19H,2,7H2,1H3. The Morgan fingerprint density at radius 3 is 2.43 bits per heavy atom. The third-order valence-corrected chi connectivity index (χ3v) is 2.52. The van der Waals surface area contributed by atoms with E-state index in [1.54, 1.807) is 0 Å². The first kappa shape index (κ1) is 17.4. The molecule has 1 aromatic carbocycles. The first-order chi connectivity index (χ1) is 9.74. The topological polar surface area (TPSA) is 38.3 Å². The molecule has 0 radical (unpaired) electrons. The molecule has 1 rings (SSSR count).